The van der Waals surface area contributed by atoms with E-state index in [1.807, 2.05) is 25.1 Å². The first kappa shape index (κ1) is 13.8. The van der Waals surface area contributed by atoms with Gasteiger partial charge in [-0.1, -0.05) is 29.9 Å². The SMILES string of the molecule is Cc1ccc(C(N)=S)c(Nc2cc(Cl)ccc2F)c1. The number of rotatable bonds is 3. The lowest BCUT2D eigenvalue weighted by molar-refractivity contribution is 0.632. The van der Waals surface area contributed by atoms with Gasteiger partial charge in [-0.3, -0.25) is 0 Å². The number of nitrogens with one attached hydrogen (secondary N) is 1. The van der Waals surface area contributed by atoms with Crippen LogP contribution in [0.3, 0.4) is 0 Å². The van der Waals surface area contributed by atoms with Crippen LogP contribution in [0.25, 0.3) is 0 Å². The summed E-state index contributed by atoms with van der Waals surface area (Å²) in [6.07, 6.45) is 0. The zero-order chi connectivity index (χ0) is 14.0. The van der Waals surface area contributed by atoms with E-state index in [9.17, 15) is 4.39 Å². The van der Waals surface area contributed by atoms with Gasteiger partial charge in [0.2, 0.25) is 0 Å². The van der Waals surface area contributed by atoms with E-state index in [0.29, 0.717) is 16.3 Å². The second-order valence-corrected chi connectivity index (χ2v) is 5.04. The van der Waals surface area contributed by atoms with Gasteiger partial charge in [0.15, 0.2) is 0 Å². The van der Waals surface area contributed by atoms with E-state index >= 15 is 0 Å². The average molecular weight is 295 g/mol. The molecule has 2 aromatic carbocycles. The van der Waals surface area contributed by atoms with Crippen LogP contribution in [0.2, 0.25) is 5.02 Å². The zero-order valence-electron chi connectivity index (χ0n) is 10.2. The molecule has 98 valence electrons. The highest BCUT2D eigenvalue weighted by atomic mass is 35.5. The molecule has 0 amide bonds. The number of benzene rings is 2. The molecule has 0 aliphatic rings. The lowest BCUT2D eigenvalue weighted by Gasteiger charge is -2.13. The minimum absolute atomic E-state index is 0.255. The summed E-state index contributed by atoms with van der Waals surface area (Å²) in [5, 5.41) is 3.43. The third-order valence-electron chi connectivity index (χ3n) is 2.64. The Bertz CT molecular complexity index is 643. The van der Waals surface area contributed by atoms with Crippen LogP contribution in [0.15, 0.2) is 36.4 Å². The molecule has 2 nitrogen and oxygen atoms in total. The summed E-state index contributed by atoms with van der Waals surface area (Å²) in [4.78, 5) is 0.255. The van der Waals surface area contributed by atoms with Crippen molar-refractivity contribution in [2.24, 2.45) is 5.73 Å². The summed E-state index contributed by atoms with van der Waals surface area (Å²) in [7, 11) is 0. The van der Waals surface area contributed by atoms with Gasteiger partial charge in [-0.15, -0.1) is 0 Å². The van der Waals surface area contributed by atoms with Crippen molar-refractivity contribution < 1.29 is 4.39 Å². The molecule has 0 fully saturated rings. The molecule has 0 atom stereocenters. The molecular formula is C14H12ClFN2S. The van der Waals surface area contributed by atoms with Gasteiger partial charge in [0.25, 0.3) is 0 Å². The Balaban J connectivity index is 2.45. The van der Waals surface area contributed by atoms with Crippen LogP contribution in [0, 0.1) is 12.7 Å². The third kappa shape index (κ3) is 3.22. The first-order valence-electron chi connectivity index (χ1n) is 5.60. The fourth-order valence-corrected chi connectivity index (χ4v) is 2.06. The van der Waals surface area contributed by atoms with E-state index in [1.165, 1.54) is 18.2 Å². The molecule has 0 aliphatic carbocycles. The number of halogens is 2. The molecule has 2 aromatic rings. The molecule has 3 N–H and O–H groups in total. The number of aryl methyl sites for hydroxylation is 1. The Labute approximate surface area is 121 Å². The lowest BCUT2D eigenvalue weighted by atomic mass is 10.1. The van der Waals surface area contributed by atoms with Crippen molar-refractivity contribution in [3.8, 4) is 0 Å². The first-order valence-corrected chi connectivity index (χ1v) is 6.38. The Morgan fingerprint density at radius 1 is 1.21 bits per heavy atom. The van der Waals surface area contributed by atoms with Crippen LogP contribution in [0.5, 0.6) is 0 Å². The maximum Gasteiger partial charge on any atom is 0.146 e. The average Bonchev–Trinajstić information content (AvgIpc) is 2.33. The summed E-state index contributed by atoms with van der Waals surface area (Å²) in [6.45, 7) is 1.93. The summed E-state index contributed by atoms with van der Waals surface area (Å²) in [6, 6.07) is 9.88. The molecule has 0 radical (unpaired) electrons. The Kier molecular flexibility index (Phi) is 4.02. The van der Waals surface area contributed by atoms with Crippen molar-refractivity contribution >= 4 is 40.2 Å². The first-order chi connectivity index (χ1) is 8.97. The van der Waals surface area contributed by atoms with E-state index in [-0.39, 0.29) is 16.5 Å². The summed E-state index contributed by atoms with van der Waals surface area (Å²) < 4.78 is 13.7. The summed E-state index contributed by atoms with van der Waals surface area (Å²) >= 11 is 10.8. The fourth-order valence-electron chi connectivity index (χ4n) is 1.71. The second kappa shape index (κ2) is 5.55. The standard InChI is InChI=1S/C14H12ClFN2S/c1-8-2-4-10(14(17)19)12(6-8)18-13-7-9(15)3-5-11(13)16/h2-7,18H,1H3,(H2,17,19). The molecule has 0 heterocycles. The molecule has 0 saturated heterocycles. The zero-order valence-corrected chi connectivity index (χ0v) is 11.8. The van der Waals surface area contributed by atoms with E-state index < -0.39 is 0 Å². The molecule has 19 heavy (non-hydrogen) atoms. The predicted molar refractivity (Wildman–Crippen MR) is 81.8 cm³/mol. The van der Waals surface area contributed by atoms with Gasteiger partial charge in [-0.05, 0) is 42.8 Å². The van der Waals surface area contributed by atoms with E-state index in [0.717, 1.165) is 5.56 Å². The number of hydrogen-bond acceptors (Lipinski definition) is 2. The highest BCUT2D eigenvalue weighted by Gasteiger charge is 2.09. The van der Waals surface area contributed by atoms with Gasteiger partial charge in [-0.2, -0.15) is 0 Å². The third-order valence-corrected chi connectivity index (χ3v) is 3.09. The van der Waals surface area contributed by atoms with Gasteiger partial charge in [0.1, 0.15) is 10.8 Å². The molecule has 2 rings (SSSR count). The van der Waals surface area contributed by atoms with Crippen LogP contribution < -0.4 is 11.1 Å². The quantitative estimate of drug-likeness (QED) is 0.835. The molecule has 5 heteroatoms. The van der Waals surface area contributed by atoms with Crippen molar-refractivity contribution in [2.45, 2.75) is 6.92 Å². The maximum atomic E-state index is 13.7. The predicted octanol–water partition coefficient (Wildman–Crippen LogP) is 4.17. The highest BCUT2D eigenvalue weighted by Crippen LogP contribution is 2.26. The van der Waals surface area contributed by atoms with Gasteiger partial charge in [0, 0.05) is 16.3 Å². The topological polar surface area (TPSA) is 38.0 Å². The maximum absolute atomic E-state index is 13.7. The van der Waals surface area contributed by atoms with Gasteiger partial charge < -0.3 is 11.1 Å². The van der Waals surface area contributed by atoms with Gasteiger partial charge in [0.05, 0.1) is 5.69 Å². The minimum Gasteiger partial charge on any atom is -0.389 e. The number of hydrogen-bond donors (Lipinski definition) is 2. The largest absolute Gasteiger partial charge is 0.389 e. The molecule has 0 unspecified atom stereocenters. The normalized spacial score (nSPS) is 10.3. The Morgan fingerprint density at radius 3 is 2.63 bits per heavy atom. The van der Waals surface area contributed by atoms with E-state index in [1.54, 1.807) is 0 Å². The van der Waals surface area contributed by atoms with Crippen LogP contribution >= 0.6 is 23.8 Å². The molecule has 0 saturated carbocycles. The van der Waals surface area contributed by atoms with E-state index in [2.05, 4.69) is 5.32 Å². The molecule has 0 bridgehead atoms. The van der Waals surface area contributed by atoms with Crippen molar-refractivity contribution in [3.63, 3.8) is 0 Å². The Morgan fingerprint density at radius 2 is 1.95 bits per heavy atom. The second-order valence-electron chi connectivity index (χ2n) is 4.16. The molecular weight excluding hydrogens is 283 g/mol. The molecule has 0 aromatic heterocycles. The van der Waals surface area contributed by atoms with Crippen LogP contribution in [0.1, 0.15) is 11.1 Å². The van der Waals surface area contributed by atoms with Crippen molar-refractivity contribution in [1.29, 1.82) is 0 Å². The van der Waals surface area contributed by atoms with Crippen molar-refractivity contribution in [1.82, 2.24) is 0 Å². The van der Waals surface area contributed by atoms with Gasteiger partial charge in [-0.25, -0.2) is 4.39 Å². The van der Waals surface area contributed by atoms with E-state index in [4.69, 9.17) is 29.6 Å². The molecule has 0 aliphatic heterocycles. The van der Waals surface area contributed by atoms with Crippen LogP contribution in [-0.2, 0) is 0 Å². The smallest absolute Gasteiger partial charge is 0.146 e. The number of nitrogens with two attached hydrogens (primary N) is 1. The van der Waals surface area contributed by atoms with Crippen LogP contribution in [0.4, 0.5) is 15.8 Å². The monoisotopic (exact) mass is 294 g/mol. The Hall–Kier alpha value is -1.65. The van der Waals surface area contributed by atoms with Crippen LogP contribution in [-0.4, -0.2) is 4.99 Å². The fraction of sp³-hybridized carbons (Fsp3) is 0.0714. The number of anilines is 2. The number of thiocarbonyl (C=S) groups is 1. The molecule has 0 spiro atoms. The van der Waals surface area contributed by atoms with Gasteiger partial charge >= 0.3 is 0 Å². The van der Waals surface area contributed by atoms with Crippen molar-refractivity contribution in [2.75, 3.05) is 5.32 Å². The minimum atomic E-state index is -0.389. The lowest BCUT2D eigenvalue weighted by Crippen LogP contribution is -2.12. The van der Waals surface area contributed by atoms with Crippen molar-refractivity contribution in [3.05, 3.63) is 58.4 Å². The summed E-state index contributed by atoms with van der Waals surface area (Å²) in [5.74, 6) is -0.389. The highest BCUT2D eigenvalue weighted by molar-refractivity contribution is 7.80. The summed E-state index contributed by atoms with van der Waals surface area (Å²) in [5.41, 5.74) is 8.29.